The fourth-order valence-electron chi connectivity index (χ4n) is 0. The number of carbonyl (C=O) groups is 1. The van der Waals surface area contributed by atoms with E-state index < -0.39 is 0 Å². The molecule has 0 unspecified atom stereocenters. The van der Waals surface area contributed by atoms with Gasteiger partial charge >= 0.3 is 141 Å². The minimum absolute atomic E-state index is 0. The van der Waals surface area contributed by atoms with E-state index in [9.17, 15) is 4.79 Å². The van der Waals surface area contributed by atoms with Crippen LogP contribution in [0.15, 0.2) is 12.7 Å². The summed E-state index contributed by atoms with van der Waals surface area (Å²) in [6, 6.07) is 0. The van der Waals surface area contributed by atoms with Crippen LogP contribution < -0.4 is 0 Å². The number of rotatable bonds is 1. The van der Waals surface area contributed by atoms with Crippen LogP contribution in [0.25, 0.3) is 0 Å². The maximum absolute atomic E-state index is 9.68. The predicted molar refractivity (Wildman–Crippen MR) is 61.7 cm³/mol. The van der Waals surface area contributed by atoms with Gasteiger partial charge in [0.25, 0.3) is 0 Å². The molecule has 0 aliphatic heterocycles. The molecule has 0 rings (SSSR count). The molecule has 0 saturated carbocycles. The van der Waals surface area contributed by atoms with Crippen LogP contribution in [0.2, 0.25) is 0 Å². The molecule has 0 amide bonds. The molecule has 1 nitrogen and oxygen atoms in total. The molecule has 0 spiro atoms. The van der Waals surface area contributed by atoms with Crippen LogP contribution in [0.1, 0.15) is 8.56 Å². The Labute approximate surface area is 209 Å². The van der Waals surface area contributed by atoms with Crippen LogP contribution in [-0.2, 0) is 26.5 Å². The summed E-state index contributed by atoms with van der Waals surface area (Å²) in [4.78, 5) is 9.68. The molecule has 7 heteroatoms. The fourth-order valence-corrected chi connectivity index (χ4v) is 0. The summed E-state index contributed by atoms with van der Waals surface area (Å²) in [6.07, 6.45) is 1.26. The predicted octanol–water partition coefficient (Wildman–Crippen LogP) is -0.252. The minimum atomic E-state index is -0.0115. The molecule has 0 aliphatic carbocycles. The molecule has 0 aliphatic rings. The molecule has 0 saturated heterocycles. The van der Waals surface area contributed by atoms with E-state index in [-0.39, 0.29) is 175 Å². The van der Waals surface area contributed by atoms with Crippen molar-refractivity contribution < 1.29 is 35.1 Å². The number of allylic oxidation sites excluding steroid dienone is 1. The van der Waals surface area contributed by atoms with Crippen molar-refractivity contribution in [2.45, 2.75) is 0 Å². The zero-order chi connectivity index (χ0) is 4.28. The molecule has 0 atom stereocenters. The Bertz CT molecular complexity index is 90.0. The molecule has 2 radical (unpaired) electrons. The minimum Gasteiger partial charge on any atom is 0 e. The van der Waals surface area contributed by atoms with Crippen LogP contribution in [-0.4, -0.2) is 144 Å². The Kier molecular flexibility index (Phi) is 106. The van der Waals surface area contributed by atoms with Gasteiger partial charge in [-0.1, -0.05) is 6.58 Å². The summed E-state index contributed by atoms with van der Waals surface area (Å²) in [7, 11) is 0. The summed E-state index contributed by atoms with van der Waals surface area (Å²) in [6.45, 7) is 3.20. The number of hydrogen-bond acceptors (Lipinski definition) is 1. The number of carbonyl (C=O) groups excluding carboxylic acids is 1. The third-order valence-corrected chi connectivity index (χ3v) is 0.601. The van der Waals surface area contributed by atoms with Crippen LogP contribution in [0, 0.1) is 0 Å². The second kappa shape index (κ2) is 29.3. The van der Waals surface area contributed by atoms with Gasteiger partial charge in [-0.3, -0.25) is 4.79 Å². The van der Waals surface area contributed by atoms with Gasteiger partial charge in [0.2, 0.25) is 3.79 Å². The zero-order valence-electron chi connectivity index (χ0n) is 11.9. The quantitative estimate of drug-likeness (QED) is 0.186. The number of halogens is 1. The molecule has 0 fully saturated rings. The van der Waals surface area contributed by atoms with Gasteiger partial charge in [-0.2, -0.15) is 0 Å². The average molecular weight is 565 g/mol. The van der Waals surface area contributed by atoms with Crippen molar-refractivity contribution in [3.8, 4) is 0 Å². The van der Waals surface area contributed by atoms with E-state index in [1.165, 1.54) is 6.08 Å². The van der Waals surface area contributed by atoms with Gasteiger partial charge in [-0.05, 0) is 6.08 Å². The van der Waals surface area contributed by atoms with E-state index in [0.717, 1.165) is 0 Å². The Morgan fingerprint density at radius 3 is 1.50 bits per heavy atom. The molecular formula is C3H11Ca3IOPbTi. The van der Waals surface area contributed by atoms with Gasteiger partial charge in [-0.15, -0.1) is 0 Å². The van der Waals surface area contributed by atoms with Gasteiger partial charge in [0.05, 0.1) is 0 Å². The van der Waals surface area contributed by atoms with E-state index in [1.54, 1.807) is 22.6 Å². The average Bonchev–Trinajstić information content (AvgIpc) is 1.38. The van der Waals surface area contributed by atoms with Crippen LogP contribution >= 0.6 is 22.6 Å². The first-order chi connectivity index (χ1) is 2.27. The molecule has 50 valence electrons. The van der Waals surface area contributed by atoms with Crippen LogP contribution in [0.5, 0.6) is 0 Å². The summed E-state index contributed by atoms with van der Waals surface area (Å²) >= 11 is 1.65. The molecule has 10 heavy (non-hydrogen) atoms. The molecule has 0 N–H and O–H groups in total. The summed E-state index contributed by atoms with van der Waals surface area (Å²) in [5.74, 6) is 0. The van der Waals surface area contributed by atoms with E-state index in [1.807, 2.05) is 0 Å². The van der Waals surface area contributed by atoms with Crippen molar-refractivity contribution in [1.82, 2.24) is 0 Å². The van der Waals surface area contributed by atoms with Gasteiger partial charge in [0.15, 0.2) is 0 Å². The maximum Gasteiger partial charge on any atom is 0 e. The molecule has 0 aromatic rings. The Hall–Kier alpha value is 5.56. The second-order valence-electron chi connectivity index (χ2n) is 0.508. The van der Waals surface area contributed by atoms with E-state index >= 15 is 0 Å². The second-order valence-corrected chi connectivity index (χ2v) is 1.57. The first kappa shape index (κ1) is 36.1. The Balaban J connectivity index is -0.00000000145. The normalized spacial score (nSPS) is 3.30. The van der Waals surface area contributed by atoms with Crippen molar-refractivity contribution in [3.63, 3.8) is 0 Å². The number of hydrogen-bond donors (Lipinski definition) is 0. The van der Waals surface area contributed by atoms with Crippen LogP contribution in [0.3, 0.4) is 0 Å². The Morgan fingerprint density at radius 2 is 1.50 bits per heavy atom. The van der Waals surface area contributed by atoms with Gasteiger partial charge in [-0.25, -0.2) is 0 Å². The van der Waals surface area contributed by atoms with Crippen molar-refractivity contribution in [2.24, 2.45) is 0 Å². The first-order valence-corrected chi connectivity index (χ1v) is 2.17. The van der Waals surface area contributed by atoms with Crippen molar-refractivity contribution in [1.29, 1.82) is 0 Å². The largest absolute Gasteiger partial charge is 0 e. The van der Waals surface area contributed by atoms with Crippen molar-refractivity contribution in [2.75, 3.05) is 0 Å². The summed E-state index contributed by atoms with van der Waals surface area (Å²) in [5.41, 5.74) is 0. The van der Waals surface area contributed by atoms with Gasteiger partial charge in [0.1, 0.15) is 0 Å². The molecule has 0 aromatic carbocycles. The third kappa shape index (κ3) is 37.4. The smallest absolute Gasteiger partial charge is 0 e. The van der Waals surface area contributed by atoms with Crippen LogP contribution in [0.4, 0.5) is 0 Å². The SMILES string of the molecule is C=CC(=O)I.[Ca+2].[Ca+2].[Ca+2].[H-].[H-].[H-].[H-].[H-].[H-].[PbH2].[Ti]. The monoisotopic (exact) mass is 566 g/mol. The van der Waals surface area contributed by atoms with Gasteiger partial charge < -0.3 is 8.56 Å². The first-order valence-electron chi connectivity index (χ1n) is 1.09. The molecule has 0 aromatic heterocycles. The van der Waals surface area contributed by atoms with E-state index in [0.29, 0.717) is 0 Å². The molecule has 0 heterocycles. The zero-order valence-corrected chi connectivity index (χ0v) is 21.7. The molecule has 0 bridgehead atoms. The van der Waals surface area contributed by atoms with Crippen molar-refractivity contribution >= 4 is 167 Å². The summed E-state index contributed by atoms with van der Waals surface area (Å²) in [5, 5.41) is 0. The van der Waals surface area contributed by atoms with Gasteiger partial charge in [0, 0.05) is 44.3 Å². The van der Waals surface area contributed by atoms with Crippen molar-refractivity contribution in [3.05, 3.63) is 12.7 Å². The topological polar surface area (TPSA) is 17.1 Å². The van der Waals surface area contributed by atoms with E-state index in [4.69, 9.17) is 0 Å². The summed E-state index contributed by atoms with van der Waals surface area (Å²) < 4.78 is -0.0115. The fraction of sp³-hybridized carbons (Fsp3) is 0. The maximum atomic E-state index is 9.68. The van der Waals surface area contributed by atoms with E-state index in [2.05, 4.69) is 6.58 Å². The Morgan fingerprint density at radius 1 is 1.40 bits per heavy atom. The molecular weight excluding hydrogens is 554 g/mol. The third-order valence-electron chi connectivity index (χ3n) is 0.160. The standard InChI is InChI=1S/C3H3IO.3Ca.Pb.Ti.8H/c1-2-3(4)5;;;;;;;;;;;;;/h2H,1H2;;;;;;;;;;;;;/q;3*+2;;;;;6*-1.